The Bertz CT molecular complexity index is 815. The molecule has 1 aliphatic heterocycles. The zero-order chi connectivity index (χ0) is 19.2. The summed E-state index contributed by atoms with van der Waals surface area (Å²) in [5, 5.41) is 0. The molecule has 0 radical (unpaired) electrons. The molecule has 0 aromatic heterocycles. The van der Waals surface area contributed by atoms with Crippen molar-refractivity contribution in [1.29, 1.82) is 0 Å². The van der Waals surface area contributed by atoms with Crippen LogP contribution in [0.2, 0.25) is 0 Å². The van der Waals surface area contributed by atoms with E-state index in [4.69, 9.17) is 4.74 Å². The first kappa shape index (κ1) is 19.2. The van der Waals surface area contributed by atoms with Gasteiger partial charge in [-0.2, -0.15) is 0 Å². The lowest BCUT2D eigenvalue weighted by atomic mass is 9.91. The average Bonchev–Trinajstić information content (AvgIpc) is 2.72. The van der Waals surface area contributed by atoms with Crippen LogP contribution in [-0.4, -0.2) is 36.8 Å². The highest BCUT2D eigenvalue weighted by atomic mass is 16.5. The normalized spacial score (nSPS) is 16.8. The summed E-state index contributed by atoms with van der Waals surface area (Å²) in [6.07, 6.45) is 4.18. The number of aryl methyl sites for hydroxylation is 1. The molecule has 3 rings (SSSR count). The van der Waals surface area contributed by atoms with Crippen molar-refractivity contribution in [3.8, 4) is 5.75 Å². The van der Waals surface area contributed by atoms with E-state index in [1.165, 1.54) is 12.5 Å². The lowest BCUT2D eigenvalue weighted by molar-refractivity contribution is 0.0665. The number of rotatable bonds is 6. The quantitative estimate of drug-likeness (QED) is 0.714. The zero-order valence-corrected chi connectivity index (χ0v) is 16.1. The number of likely N-dealkylation sites (tertiary alicyclic amines) is 1. The van der Waals surface area contributed by atoms with Crippen LogP contribution in [0.4, 0.5) is 0 Å². The Labute approximate surface area is 161 Å². The summed E-state index contributed by atoms with van der Waals surface area (Å²) >= 11 is 0. The summed E-state index contributed by atoms with van der Waals surface area (Å²) in [7, 11) is 1.68. The maximum atomic E-state index is 13.0. The number of carbonyl (C=O) groups is 2. The number of Topliss-reactive ketones (excluding diaryl/α,β-unsaturated/α-hetero) is 1. The van der Waals surface area contributed by atoms with E-state index >= 15 is 0 Å². The van der Waals surface area contributed by atoms with E-state index in [0.29, 0.717) is 17.0 Å². The lowest BCUT2D eigenvalue weighted by Crippen LogP contribution is -2.40. The summed E-state index contributed by atoms with van der Waals surface area (Å²) in [4.78, 5) is 26.8. The molecule has 1 amide bonds. The number of methoxy groups -OCH3 is 1. The van der Waals surface area contributed by atoms with Crippen molar-refractivity contribution in [2.24, 2.45) is 5.92 Å². The summed E-state index contributed by atoms with van der Waals surface area (Å²) in [5.74, 6) is 1.28. The number of benzene rings is 2. The minimum atomic E-state index is -0.0643. The van der Waals surface area contributed by atoms with Crippen molar-refractivity contribution in [2.75, 3.05) is 20.2 Å². The molecule has 0 saturated carbocycles. The Balaban J connectivity index is 1.64. The minimum absolute atomic E-state index is 0.0214. The van der Waals surface area contributed by atoms with E-state index in [1.54, 1.807) is 25.3 Å². The fourth-order valence-corrected chi connectivity index (χ4v) is 3.83. The predicted molar refractivity (Wildman–Crippen MR) is 106 cm³/mol. The van der Waals surface area contributed by atoms with Crippen molar-refractivity contribution in [3.05, 3.63) is 65.2 Å². The predicted octanol–water partition coefficient (Wildman–Crippen LogP) is 4.38. The first-order valence-electron chi connectivity index (χ1n) is 9.60. The van der Waals surface area contributed by atoms with Gasteiger partial charge in [0.1, 0.15) is 5.75 Å². The van der Waals surface area contributed by atoms with Crippen molar-refractivity contribution in [2.45, 2.75) is 32.6 Å². The largest absolute Gasteiger partial charge is 0.497 e. The molecule has 0 unspecified atom stereocenters. The molecule has 27 heavy (non-hydrogen) atoms. The number of carbonyl (C=O) groups excluding carboxylic acids is 2. The van der Waals surface area contributed by atoms with Gasteiger partial charge in [-0.1, -0.05) is 30.3 Å². The standard InChI is InChI=1S/C23H27NO3/c1-17(25)21-10-3-4-11-22(21)23(26)24-14-6-8-19(16-24)13-12-18-7-5-9-20(15-18)27-2/h3-5,7,9-11,15,19H,6,8,12-14,16H2,1-2H3/t19-/m0/s1. The third-order valence-corrected chi connectivity index (χ3v) is 5.32. The van der Waals surface area contributed by atoms with E-state index < -0.39 is 0 Å². The van der Waals surface area contributed by atoms with Gasteiger partial charge in [0.05, 0.1) is 12.7 Å². The van der Waals surface area contributed by atoms with Gasteiger partial charge in [-0.15, -0.1) is 0 Å². The second kappa shape index (κ2) is 8.85. The summed E-state index contributed by atoms with van der Waals surface area (Å²) in [6, 6.07) is 15.3. The molecule has 0 bridgehead atoms. The van der Waals surface area contributed by atoms with Gasteiger partial charge in [0.25, 0.3) is 5.91 Å². The maximum absolute atomic E-state index is 13.0. The van der Waals surface area contributed by atoms with Crippen LogP contribution in [0.15, 0.2) is 48.5 Å². The van der Waals surface area contributed by atoms with Crippen LogP contribution < -0.4 is 4.74 Å². The van der Waals surface area contributed by atoms with Crippen LogP contribution in [-0.2, 0) is 6.42 Å². The van der Waals surface area contributed by atoms with Crippen molar-refractivity contribution < 1.29 is 14.3 Å². The van der Waals surface area contributed by atoms with E-state index in [2.05, 4.69) is 12.1 Å². The molecular weight excluding hydrogens is 338 g/mol. The Kier molecular flexibility index (Phi) is 6.28. The number of ketones is 1. The van der Waals surface area contributed by atoms with Crippen LogP contribution in [0.3, 0.4) is 0 Å². The minimum Gasteiger partial charge on any atom is -0.497 e. The highest BCUT2D eigenvalue weighted by molar-refractivity contribution is 6.07. The molecule has 2 aromatic carbocycles. The molecule has 1 aliphatic rings. The fraction of sp³-hybridized carbons (Fsp3) is 0.391. The molecule has 1 saturated heterocycles. The van der Waals surface area contributed by atoms with Gasteiger partial charge in [-0.05, 0) is 62.3 Å². The zero-order valence-electron chi connectivity index (χ0n) is 16.1. The topological polar surface area (TPSA) is 46.6 Å². The number of piperidine rings is 1. The number of amides is 1. The molecule has 4 nitrogen and oxygen atoms in total. The molecule has 142 valence electrons. The van der Waals surface area contributed by atoms with E-state index in [0.717, 1.165) is 44.5 Å². The molecule has 2 aromatic rings. The van der Waals surface area contributed by atoms with Crippen LogP contribution in [0, 0.1) is 5.92 Å². The van der Waals surface area contributed by atoms with Crippen molar-refractivity contribution in [3.63, 3.8) is 0 Å². The Morgan fingerprint density at radius 2 is 1.89 bits per heavy atom. The van der Waals surface area contributed by atoms with Crippen LogP contribution in [0.1, 0.15) is 52.5 Å². The highest BCUT2D eigenvalue weighted by Gasteiger charge is 2.26. The molecule has 1 fully saturated rings. The summed E-state index contributed by atoms with van der Waals surface area (Å²) < 4.78 is 5.29. The monoisotopic (exact) mass is 365 g/mol. The van der Waals surface area contributed by atoms with Crippen molar-refractivity contribution in [1.82, 2.24) is 4.90 Å². The number of nitrogens with zero attached hydrogens (tertiary/aromatic N) is 1. The number of hydrogen-bond donors (Lipinski definition) is 0. The van der Waals surface area contributed by atoms with Gasteiger partial charge in [0.15, 0.2) is 5.78 Å². The molecular formula is C23H27NO3. The Morgan fingerprint density at radius 3 is 2.63 bits per heavy atom. The third kappa shape index (κ3) is 4.76. The van der Waals surface area contributed by atoms with Gasteiger partial charge < -0.3 is 9.64 Å². The van der Waals surface area contributed by atoms with Crippen LogP contribution in [0.25, 0.3) is 0 Å². The van der Waals surface area contributed by atoms with Crippen LogP contribution in [0.5, 0.6) is 5.75 Å². The first-order valence-corrected chi connectivity index (χ1v) is 9.60. The van der Waals surface area contributed by atoms with Gasteiger partial charge in [-0.25, -0.2) is 0 Å². The first-order chi connectivity index (χ1) is 13.1. The molecule has 0 N–H and O–H groups in total. The van der Waals surface area contributed by atoms with E-state index in [-0.39, 0.29) is 11.7 Å². The number of hydrogen-bond acceptors (Lipinski definition) is 3. The third-order valence-electron chi connectivity index (χ3n) is 5.32. The number of ether oxygens (including phenoxy) is 1. The second-order valence-electron chi connectivity index (χ2n) is 7.25. The molecule has 0 aliphatic carbocycles. The van der Waals surface area contributed by atoms with Gasteiger partial charge in [-0.3, -0.25) is 9.59 Å². The van der Waals surface area contributed by atoms with E-state index in [1.807, 2.05) is 23.1 Å². The lowest BCUT2D eigenvalue weighted by Gasteiger charge is -2.33. The smallest absolute Gasteiger partial charge is 0.254 e. The highest BCUT2D eigenvalue weighted by Crippen LogP contribution is 2.25. The molecule has 4 heteroatoms. The molecule has 1 heterocycles. The molecule has 1 atom stereocenters. The Morgan fingerprint density at radius 1 is 1.11 bits per heavy atom. The fourth-order valence-electron chi connectivity index (χ4n) is 3.83. The van der Waals surface area contributed by atoms with Crippen LogP contribution >= 0.6 is 0 Å². The van der Waals surface area contributed by atoms with Gasteiger partial charge in [0, 0.05) is 18.7 Å². The van der Waals surface area contributed by atoms with Gasteiger partial charge in [0.2, 0.25) is 0 Å². The maximum Gasteiger partial charge on any atom is 0.254 e. The van der Waals surface area contributed by atoms with Gasteiger partial charge >= 0.3 is 0 Å². The van der Waals surface area contributed by atoms with Crippen molar-refractivity contribution >= 4 is 11.7 Å². The SMILES string of the molecule is COc1cccc(CC[C@@H]2CCCN(C(=O)c3ccccc3C(C)=O)C2)c1. The van der Waals surface area contributed by atoms with E-state index in [9.17, 15) is 9.59 Å². The molecule has 0 spiro atoms. The summed E-state index contributed by atoms with van der Waals surface area (Å²) in [6.45, 7) is 3.04. The second-order valence-corrected chi connectivity index (χ2v) is 7.25. The Hall–Kier alpha value is -2.62. The summed E-state index contributed by atoms with van der Waals surface area (Å²) in [5.41, 5.74) is 2.30. The average molecular weight is 365 g/mol.